The van der Waals surface area contributed by atoms with Gasteiger partial charge in [-0.25, -0.2) is 21.2 Å². The Morgan fingerprint density at radius 3 is 2.17 bits per heavy atom. The third kappa shape index (κ3) is 7.08. The summed E-state index contributed by atoms with van der Waals surface area (Å²) < 4.78 is 69.6. The fourth-order valence-electron chi connectivity index (χ4n) is 4.40. The Labute approximate surface area is 239 Å². The van der Waals surface area contributed by atoms with E-state index in [9.17, 15) is 26.0 Å². The van der Waals surface area contributed by atoms with Crippen molar-refractivity contribution in [1.29, 1.82) is 0 Å². The average Bonchev–Trinajstić information content (AvgIpc) is 2.94. The predicted molar refractivity (Wildman–Crippen MR) is 151 cm³/mol. The van der Waals surface area contributed by atoms with E-state index in [1.165, 1.54) is 46.8 Å². The smallest absolute Gasteiger partial charge is 0.243 e. The Bertz CT molecular complexity index is 1540. The largest absolute Gasteiger partial charge is 0.351 e. The van der Waals surface area contributed by atoms with E-state index in [0.717, 1.165) is 29.1 Å². The van der Waals surface area contributed by atoms with Gasteiger partial charge in [-0.15, -0.1) is 0 Å². The van der Waals surface area contributed by atoms with Gasteiger partial charge in [0.15, 0.2) is 0 Å². The molecule has 0 spiro atoms. The van der Waals surface area contributed by atoms with Gasteiger partial charge in [-0.05, 0) is 61.7 Å². The minimum atomic E-state index is -4.18. The number of nitrogens with zero attached hydrogens (tertiary/aromatic N) is 2. The molecule has 8 nitrogen and oxygen atoms in total. The minimum Gasteiger partial charge on any atom is -0.351 e. The molecule has 1 amide bonds. The van der Waals surface area contributed by atoms with Crippen LogP contribution < -0.4 is 5.32 Å². The van der Waals surface area contributed by atoms with Crippen molar-refractivity contribution in [3.8, 4) is 0 Å². The summed E-state index contributed by atoms with van der Waals surface area (Å²) in [5.41, 5.74) is 1.45. The van der Waals surface area contributed by atoms with E-state index < -0.39 is 44.9 Å². The fraction of sp³-hybridized carbons (Fsp3) is 0.321. The van der Waals surface area contributed by atoms with Crippen LogP contribution in [0, 0.1) is 12.7 Å². The highest BCUT2D eigenvalue weighted by atomic mass is 35.5. The van der Waals surface area contributed by atoms with Crippen LogP contribution >= 0.6 is 11.6 Å². The van der Waals surface area contributed by atoms with Crippen molar-refractivity contribution < 1.29 is 26.0 Å². The molecule has 0 atom stereocenters. The third-order valence-corrected chi connectivity index (χ3v) is 10.8. The first-order chi connectivity index (χ1) is 19.0. The van der Waals surface area contributed by atoms with E-state index >= 15 is 0 Å². The van der Waals surface area contributed by atoms with Gasteiger partial charge in [-0.1, -0.05) is 53.9 Å². The van der Waals surface area contributed by atoms with E-state index in [0.29, 0.717) is 18.7 Å². The Kier molecular flexibility index (Phi) is 9.63. The van der Waals surface area contributed by atoms with E-state index in [2.05, 4.69) is 5.32 Å². The number of amides is 1. The van der Waals surface area contributed by atoms with E-state index in [1.54, 1.807) is 24.3 Å². The first-order valence-electron chi connectivity index (χ1n) is 12.8. The van der Waals surface area contributed by atoms with Crippen LogP contribution in [0.4, 0.5) is 4.39 Å². The van der Waals surface area contributed by atoms with Crippen molar-refractivity contribution in [2.45, 2.75) is 49.1 Å². The highest BCUT2D eigenvalue weighted by Gasteiger charge is 2.29. The quantitative estimate of drug-likeness (QED) is 0.366. The van der Waals surface area contributed by atoms with Crippen molar-refractivity contribution >= 4 is 37.6 Å². The highest BCUT2D eigenvalue weighted by molar-refractivity contribution is 7.89. The lowest BCUT2D eigenvalue weighted by Crippen LogP contribution is -2.40. The average molecular weight is 608 g/mol. The molecular weight excluding hydrogens is 577 g/mol. The van der Waals surface area contributed by atoms with Crippen LogP contribution in [0.25, 0.3) is 0 Å². The number of sulfonamides is 2. The number of carbonyl (C=O) groups excluding carboxylic acids is 1. The van der Waals surface area contributed by atoms with Gasteiger partial charge >= 0.3 is 0 Å². The third-order valence-electron chi connectivity index (χ3n) is 6.74. The van der Waals surface area contributed by atoms with Crippen LogP contribution in [0.15, 0.2) is 76.5 Å². The number of hydrogen-bond donors (Lipinski definition) is 1. The van der Waals surface area contributed by atoms with Crippen molar-refractivity contribution in [2.75, 3.05) is 19.6 Å². The summed E-state index contributed by atoms with van der Waals surface area (Å²) in [6.07, 6.45) is 2.69. The van der Waals surface area contributed by atoms with Gasteiger partial charge < -0.3 is 5.32 Å². The topological polar surface area (TPSA) is 104 Å². The molecule has 0 unspecified atom stereocenters. The Balaban J connectivity index is 1.48. The molecule has 1 aliphatic heterocycles. The molecule has 0 bridgehead atoms. The molecule has 0 radical (unpaired) electrons. The summed E-state index contributed by atoms with van der Waals surface area (Å²) in [5, 5.41) is 2.71. The summed E-state index contributed by atoms with van der Waals surface area (Å²) in [7, 11) is -7.76. The van der Waals surface area contributed by atoms with Crippen molar-refractivity contribution in [1.82, 2.24) is 13.9 Å². The lowest BCUT2D eigenvalue weighted by atomic mass is 10.2. The normalized spacial score (nSPS) is 14.8. The van der Waals surface area contributed by atoms with Crippen molar-refractivity contribution in [3.05, 3.63) is 94.3 Å². The van der Waals surface area contributed by atoms with Crippen molar-refractivity contribution in [2.24, 2.45) is 0 Å². The molecule has 0 aliphatic carbocycles. The molecule has 12 heteroatoms. The number of benzene rings is 3. The second kappa shape index (κ2) is 12.8. The zero-order chi connectivity index (χ0) is 28.9. The number of halogens is 2. The molecular formula is C28H31ClFN3O5S2. The molecule has 40 heavy (non-hydrogen) atoms. The molecule has 0 aromatic heterocycles. The molecule has 0 saturated carbocycles. The maximum Gasteiger partial charge on any atom is 0.243 e. The van der Waals surface area contributed by atoms with E-state index in [4.69, 9.17) is 11.6 Å². The molecule has 1 N–H and O–H groups in total. The summed E-state index contributed by atoms with van der Waals surface area (Å²) in [5.74, 6) is -1.30. The van der Waals surface area contributed by atoms with Gasteiger partial charge in [0, 0.05) is 36.8 Å². The molecule has 3 aromatic rings. The zero-order valence-corrected chi connectivity index (χ0v) is 24.4. The maximum absolute atomic E-state index is 14.5. The van der Waals surface area contributed by atoms with Crippen LogP contribution in [0.1, 0.15) is 36.0 Å². The highest BCUT2D eigenvalue weighted by Crippen LogP contribution is 2.25. The first kappa shape index (κ1) is 30.1. The van der Waals surface area contributed by atoms with Gasteiger partial charge in [0.1, 0.15) is 5.82 Å². The van der Waals surface area contributed by atoms with Crippen LogP contribution in [0.2, 0.25) is 5.02 Å². The first-order valence-corrected chi connectivity index (χ1v) is 16.1. The van der Waals surface area contributed by atoms with Gasteiger partial charge in [0.05, 0.1) is 16.3 Å². The van der Waals surface area contributed by atoms with E-state index in [1.807, 2.05) is 6.92 Å². The summed E-state index contributed by atoms with van der Waals surface area (Å²) in [6, 6.07) is 16.4. The molecule has 1 aliphatic rings. The Morgan fingerprint density at radius 2 is 1.55 bits per heavy atom. The number of carbonyl (C=O) groups is 1. The second-order valence-corrected chi connectivity index (χ2v) is 14.0. The van der Waals surface area contributed by atoms with Crippen molar-refractivity contribution in [3.63, 3.8) is 0 Å². The second-order valence-electron chi connectivity index (χ2n) is 9.67. The van der Waals surface area contributed by atoms with E-state index in [-0.39, 0.29) is 26.9 Å². The zero-order valence-electron chi connectivity index (χ0n) is 22.0. The van der Waals surface area contributed by atoms with Crippen LogP contribution in [0.5, 0.6) is 0 Å². The van der Waals surface area contributed by atoms with Crippen LogP contribution in [-0.4, -0.2) is 51.0 Å². The van der Waals surface area contributed by atoms with Crippen LogP contribution in [-0.2, 0) is 37.9 Å². The summed E-state index contributed by atoms with van der Waals surface area (Å²) in [6.45, 7) is 1.83. The molecule has 3 aromatic carbocycles. The number of nitrogens with one attached hydrogen (secondary N) is 1. The number of piperidine rings is 1. The van der Waals surface area contributed by atoms with Gasteiger partial charge in [-0.3, -0.25) is 4.79 Å². The van der Waals surface area contributed by atoms with Gasteiger partial charge in [0.25, 0.3) is 0 Å². The molecule has 1 saturated heterocycles. The molecule has 1 heterocycles. The number of hydrogen-bond acceptors (Lipinski definition) is 5. The van der Waals surface area contributed by atoms with Gasteiger partial charge in [-0.2, -0.15) is 8.61 Å². The Hall–Kier alpha value is -2.83. The summed E-state index contributed by atoms with van der Waals surface area (Å²) in [4.78, 5) is 13.0. The monoisotopic (exact) mass is 607 g/mol. The summed E-state index contributed by atoms with van der Waals surface area (Å²) >= 11 is 6.15. The standard InChI is InChI=1S/C28H31ClFN3O5S2/c1-21-8-12-23(13-9-21)40(37,38)33(19-25-26(29)6-5-7-27(25)30)20-28(34)31-18-22-10-14-24(15-11-22)39(35,36)32-16-3-2-4-17-32/h5-15H,2-4,16-20H2,1H3,(H,31,34). The SMILES string of the molecule is Cc1ccc(S(=O)(=O)N(CC(=O)NCc2ccc(S(=O)(=O)N3CCCCC3)cc2)Cc2c(F)cccc2Cl)cc1. The molecule has 214 valence electrons. The lowest BCUT2D eigenvalue weighted by Gasteiger charge is -2.25. The predicted octanol–water partition coefficient (Wildman–Crippen LogP) is 4.47. The minimum absolute atomic E-state index is 0.0381. The van der Waals surface area contributed by atoms with Gasteiger partial charge in [0.2, 0.25) is 26.0 Å². The fourth-order valence-corrected chi connectivity index (χ4v) is 7.50. The molecule has 4 rings (SSSR count). The number of rotatable bonds is 10. The Morgan fingerprint density at radius 1 is 0.925 bits per heavy atom. The molecule has 1 fully saturated rings. The lowest BCUT2D eigenvalue weighted by molar-refractivity contribution is -0.121. The number of aryl methyl sites for hydroxylation is 1. The maximum atomic E-state index is 14.5. The van der Waals surface area contributed by atoms with Crippen LogP contribution in [0.3, 0.4) is 0 Å².